The van der Waals surface area contributed by atoms with Gasteiger partial charge in [0.05, 0.1) is 5.10 Å². The van der Waals surface area contributed by atoms with Gasteiger partial charge in [-0.05, 0) is 36.8 Å². The monoisotopic (exact) mass is 391 g/mol. The van der Waals surface area contributed by atoms with Crippen molar-refractivity contribution < 1.29 is 15.0 Å². The van der Waals surface area contributed by atoms with Gasteiger partial charge >= 0.3 is 6.03 Å². The van der Waals surface area contributed by atoms with E-state index in [1.807, 2.05) is 65.6 Å². The topological polar surface area (TPSA) is 72.5 Å². The van der Waals surface area contributed by atoms with Gasteiger partial charge in [-0.1, -0.05) is 67.6 Å². The molecule has 1 fully saturated rings. The molecule has 3 aromatic rings. The quantitative estimate of drug-likeness (QED) is 0.742. The highest BCUT2D eigenvalue weighted by molar-refractivity contribution is 5.74. The predicted molar refractivity (Wildman–Crippen MR) is 109 cm³/mol. The lowest BCUT2D eigenvalue weighted by Gasteiger charge is -2.33. The zero-order valence-corrected chi connectivity index (χ0v) is 16.7. The van der Waals surface area contributed by atoms with E-state index >= 15 is 0 Å². The first-order valence-electron chi connectivity index (χ1n) is 10.3. The number of aromatic amines is 1. The average molecular weight is 391 g/mol. The van der Waals surface area contributed by atoms with Crippen LogP contribution in [0.4, 0.5) is 4.79 Å². The lowest BCUT2D eigenvalue weighted by molar-refractivity contribution is -0.479. The number of aromatic nitrogens is 3. The minimum atomic E-state index is -1.46. The number of nitrogens with one attached hydrogen (secondary N) is 1. The fourth-order valence-electron chi connectivity index (χ4n) is 4.18. The van der Waals surface area contributed by atoms with Gasteiger partial charge in [0, 0.05) is 17.4 Å². The van der Waals surface area contributed by atoms with Gasteiger partial charge in [0.2, 0.25) is 0 Å². The van der Waals surface area contributed by atoms with Crippen LogP contribution in [0.25, 0.3) is 0 Å². The van der Waals surface area contributed by atoms with Crippen molar-refractivity contribution in [2.75, 3.05) is 6.54 Å². The summed E-state index contributed by atoms with van der Waals surface area (Å²) < 4.78 is 0. The number of aliphatic hydroxyl groups is 1. The number of hydrogen-bond donors (Lipinski definition) is 1. The second kappa shape index (κ2) is 8.17. The maximum absolute atomic E-state index is 13.1. The van der Waals surface area contributed by atoms with Gasteiger partial charge in [0.15, 0.2) is 11.8 Å². The van der Waals surface area contributed by atoms with Crippen molar-refractivity contribution in [3.8, 4) is 0 Å². The van der Waals surface area contributed by atoms with Gasteiger partial charge in [-0.25, -0.2) is 4.79 Å². The molecule has 1 atom stereocenters. The number of carbonyl (C=O) groups is 1. The summed E-state index contributed by atoms with van der Waals surface area (Å²) in [6, 6.07) is 18.9. The van der Waals surface area contributed by atoms with Crippen molar-refractivity contribution in [1.82, 2.24) is 14.8 Å². The van der Waals surface area contributed by atoms with E-state index in [1.165, 1.54) is 4.80 Å². The average Bonchev–Trinajstić information content (AvgIpc) is 3.30. The fourth-order valence-corrected chi connectivity index (χ4v) is 4.18. The molecule has 6 heteroatoms. The first-order chi connectivity index (χ1) is 14.1. The van der Waals surface area contributed by atoms with E-state index in [-0.39, 0.29) is 12.1 Å². The molecule has 0 saturated carbocycles. The van der Waals surface area contributed by atoms with Gasteiger partial charge in [0.25, 0.3) is 5.69 Å². The van der Waals surface area contributed by atoms with E-state index in [4.69, 9.17) is 0 Å². The first-order valence-corrected chi connectivity index (χ1v) is 10.3. The summed E-state index contributed by atoms with van der Waals surface area (Å²) in [5, 5.41) is 19.3. The molecule has 1 amide bonds. The first kappa shape index (κ1) is 19.3. The molecule has 150 valence electrons. The summed E-state index contributed by atoms with van der Waals surface area (Å²) in [5.41, 5.74) is 0.313. The largest absolute Gasteiger partial charge is 0.401 e. The van der Waals surface area contributed by atoms with Gasteiger partial charge in [-0.3, -0.25) is 0 Å². The number of benzene rings is 2. The molecule has 0 bridgehead atoms. The number of nitrogens with zero attached hydrogens (tertiary/aromatic N) is 3. The second-order valence-corrected chi connectivity index (χ2v) is 7.55. The van der Waals surface area contributed by atoms with Crippen LogP contribution in [0.3, 0.4) is 0 Å². The third-order valence-corrected chi connectivity index (χ3v) is 5.81. The Labute approximate surface area is 170 Å². The molecular weight excluding hydrogens is 364 g/mol. The number of amides is 1. The molecule has 2 heterocycles. The Morgan fingerprint density at radius 2 is 1.72 bits per heavy atom. The Morgan fingerprint density at radius 1 is 1.10 bits per heavy atom. The van der Waals surface area contributed by atoms with E-state index in [0.717, 1.165) is 32.2 Å². The van der Waals surface area contributed by atoms with Crippen molar-refractivity contribution in [2.45, 2.75) is 44.2 Å². The lowest BCUT2D eigenvalue weighted by atomic mass is 9.84. The normalized spacial score (nSPS) is 17.3. The van der Waals surface area contributed by atoms with Crippen LogP contribution in [-0.2, 0) is 5.60 Å². The summed E-state index contributed by atoms with van der Waals surface area (Å²) in [6.45, 7) is 2.85. The van der Waals surface area contributed by atoms with Crippen LogP contribution in [0.2, 0.25) is 0 Å². The van der Waals surface area contributed by atoms with E-state index in [1.54, 1.807) is 6.20 Å². The fraction of sp³-hybridized carbons (Fsp3) is 0.348. The molecule has 29 heavy (non-hydrogen) atoms. The molecule has 0 spiro atoms. The number of hydrogen-bond acceptors (Lipinski definition) is 3. The number of piperidine rings is 1. The number of H-pyrrole nitrogens is 1. The smallest absolute Gasteiger partial charge is 0.372 e. The zero-order valence-electron chi connectivity index (χ0n) is 16.7. The molecule has 1 unspecified atom stereocenters. The van der Waals surface area contributed by atoms with Gasteiger partial charge < -0.3 is 10.0 Å². The van der Waals surface area contributed by atoms with E-state index in [0.29, 0.717) is 16.8 Å². The van der Waals surface area contributed by atoms with E-state index < -0.39 is 5.60 Å². The molecular formula is C23H27N4O2+. The molecule has 6 nitrogen and oxygen atoms in total. The molecule has 0 radical (unpaired) electrons. The maximum atomic E-state index is 13.1. The highest BCUT2D eigenvalue weighted by Crippen LogP contribution is 2.34. The summed E-state index contributed by atoms with van der Waals surface area (Å²) >= 11 is 0. The van der Waals surface area contributed by atoms with Crippen LogP contribution in [0.5, 0.6) is 0 Å². The van der Waals surface area contributed by atoms with Gasteiger partial charge in [-0.15, -0.1) is 0 Å². The minimum Gasteiger partial charge on any atom is -0.372 e. The Balaban J connectivity index is 1.73. The molecule has 1 saturated heterocycles. The molecule has 4 rings (SSSR count). The second-order valence-electron chi connectivity index (χ2n) is 7.55. The van der Waals surface area contributed by atoms with Crippen LogP contribution in [-0.4, -0.2) is 38.5 Å². The minimum absolute atomic E-state index is 0.175. The summed E-state index contributed by atoms with van der Waals surface area (Å²) in [6.07, 6.45) is 5.72. The molecule has 0 aliphatic carbocycles. The maximum Gasteiger partial charge on any atom is 0.401 e. The standard InChI is InChI=1S/C23H26N4O2/c1-2-20-15-9-10-16-26(20)22(28)27-24-17-21(25-27)23(29,18-11-5-3-6-12-18)19-13-7-4-8-14-19/h3-8,11-14,17,20,29H,2,9-10,15-16H2,1H3/p+1. The van der Waals surface area contributed by atoms with Gasteiger partial charge in [-0.2, -0.15) is 5.10 Å². The predicted octanol–water partition coefficient (Wildman–Crippen LogP) is 3.21. The molecule has 1 aliphatic rings. The highest BCUT2D eigenvalue weighted by atomic mass is 16.3. The third kappa shape index (κ3) is 3.56. The van der Waals surface area contributed by atoms with Crippen molar-refractivity contribution in [2.24, 2.45) is 0 Å². The van der Waals surface area contributed by atoms with Crippen LogP contribution in [0, 0.1) is 0 Å². The molecule has 2 aromatic carbocycles. The van der Waals surface area contributed by atoms with Crippen LogP contribution < -0.4 is 5.10 Å². The molecule has 2 N–H and O–H groups in total. The van der Waals surface area contributed by atoms with Crippen molar-refractivity contribution >= 4 is 6.03 Å². The third-order valence-electron chi connectivity index (χ3n) is 5.81. The van der Waals surface area contributed by atoms with Gasteiger partial charge in [0.1, 0.15) is 0 Å². The Bertz CT molecular complexity index is 916. The van der Waals surface area contributed by atoms with Crippen LogP contribution in [0.1, 0.15) is 49.4 Å². The Kier molecular flexibility index (Phi) is 5.45. The van der Waals surface area contributed by atoms with Crippen LogP contribution in [0.15, 0.2) is 66.9 Å². The Morgan fingerprint density at radius 3 is 2.31 bits per heavy atom. The van der Waals surface area contributed by atoms with Crippen molar-refractivity contribution in [1.29, 1.82) is 0 Å². The van der Waals surface area contributed by atoms with E-state index in [2.05, 4.69) is 17.1 Å². The van der Waals surface area contributed by atoms with Crippen LogP contribution >= 0.6 is 0 Å². The summed E-state index contributed by atoms with van der Waals surface area (Å²) in [4.78, 5) is 16.2. The highest BCUT2D eigenvalue weighted by Gasteiger charge is 2.42. The number of likely N-dealkylation sites (tertiary alicyclic amines) is 1. The summed E-state index contributed by atoms with van der Waals surface area (Å²) in [5.74, 6) is 0. The van der Waals surface area contributed by atoms with Crippen molar-refractivity contribution in [3.05, 3.63) is 83.7 Å². The molecule has 1 aliphatic heterocycles. The SMILES string of the molecule is CCC1CCCCN1C(=O)n1nc(C(O)(c2ccccc2)c2ccccc2)c[nH+]1. The molecule has 1 aromatic heterocycles. The summed E-state index contributed by atoms with van der Waals surface area (Å²) in [7, 11) is 0. The number of carbonyl (C=O) groups excluding carboxylic acids is 1. The Hall–Kier alpha value is -2.99. The zero-order chi connectivity index (χ0) is 20.3. The van der Waals surface area contributed by atoms with Crippen molar-refractivity contribution in [3.63, 3.8) is 0 Å². The number of rotatable bonds is 4. The lowest BCUT2D eigenvalue weighted by Crippen LogP contribution is -2.48. The van der Waals surface area contributed by atoms with E-state index in [9.17, 15) is 9.90 Å².